The van der Waals surface area contributed by atoms with Crippen molar-refractivity contribution >= 4 is 29.4 Å². The second kappa shape index (κ2) is 7.00. The lowest BCUT2D eigenvalue weighted by Gasteiger charge is -2.12. The first-order chi connectivity index (χ1) is 12.1. The third kappa shape index (κ3) is 3.74. The van der Waals surface area contributed by atoms with Gasteiger partial charge in [0.1, 0.15) is 0 Å². The molecular weight excluding hydrogens is 326 g/mol. The van der Waals surface area contributed by atoms with Crippen LogP contribution >= 0.6 is 0 Å². The van der Waals surface area contributed by atoms with Crippen LogP contribution in [0.15, 0.2) is 45.9 Å². The second-order valence-electron chi connectivity index (χ2n) is 5.28. The SMILES string of the molecule is COC(=O)c1ccc(NC(=O)c2ccc(C3=NNC(=O)CC3)cc2)o1. The van der Waals surface area contributed by atoms with E-state index in [0.717, 1.165) is 11.3 Å². The van der Waals surface area contributed by atoms with Crippen molar-refractivity contribution in [2.75, 3.05) is 12.4 Å². The number of hydrogen-bond acceptors (Lipinski definition) is 6. The van der Waals surface area contributed by atoms with Gasteiger partial charge in [-0.25, -0.2) is 10.2 Å². The maximum absolute atomic E-state index is 12.2. The average molecular weight is 341 g/mol. The minimum Gasteiger partial charge on any atom is -0.463 e. The van der Waals surface area contributed by atoms with Crippen molar-refractivity contribution in [3.63, 3.8) is 0 Å². The van der Waals surface area contributed by atoms with Gasteiger partial charge in [-0.2, -0.15) is 5.10 Å². The summed E-state index contributed by atoms with van der Waals surface area (Å²) < 4.78 is 9.73. The Morgan fingerprint density at radius 1 is 1.16 bits per heavy atom. The molecule has 25 heavy (non-hydrogen) atoms. The fourth-order valence-corrected chi connectivity index (χ4v) is 2.30. The number of esters is 1. The molecule has 2 N–H and O–H groups in total. The fourth-order valence-electron chi connectivity index (χ4n) is 2.30. The number of methoxy groups -OCH3 is 1. The van der Waals surface area contributed by atoms with Crippen LogP contribution in [-0.2, 0) is 9.53 Å². The summed E-state index contributed by atoms with van der Waals surface area (Å²) in [5.74, 6) is -0.953. The normalized spacial score (nSPS) is 13.6. The van der Waals surface area contributed by atoms with E-state index in [1.54, 1.807) is 24.3 Å². The smallest absolute Gasteiger partial charge is 0.374 e. The third-order valence-corrected chi connectivity index (χ3v) is 3.61. The number of furan rings is 1. The van der Waals surface area contributed by atoms with E-state index >= 15 is 0 Å². The highest BCUT2D eigenvalue weighted by molar-refractivity contribution is 6.06. The monoisotopic (exact) mass is 341 g/mol. The molecule has 0 radical (unpaired) electrons. The summed E-state index contributed by atoms with van der Waals surface area (Å²) in [4.78, 5) is 34.7. The van der Waals surface area contributed by atoms with Crippen molar-refractivity contribution in [1.29, 1.82) is 0 Å². The van der Waals surface area contributed by atoms with Gasteiger partial charge in [-0.1, -0.05) is 12.1 Å². The van der Waals surface area contributed by atoms with Crippen molar-refractivity contribution in [3.05, 3.63) is 53.3 Å². The van der Waals surface area contributed by atoms with Gasteiger partial charge in [-0.3, -0.25) is 14.9 Å². The van der Waals surface area contributed by atoms with Gasteiger partial charge in [-0.15, -0.1) is 0 Å². The highest BCUT2D eigenvalue weighted by atomic mass is 16.5. The van der Waals surface area contributed by atoms with Crippen molar-refractivity contribution < 1.29 is 23.5 Å². The first-order valence-electron chi connectivity index (χ1n) is 7.52. The lowest BCUT2D eigenvalue weighted by molar-refractivity contribution is -0.121. The van der Waals surface area contributed by atoms with Gasteiger partial charge in [0.05, 0.1) is 12.8 Å². The van der Waals surface area contributed by atoms with E-state index in [-0.39, 0.29) is 23.5 Å². The van der Waals surface area contributed by atoms with E-state index in [1.165, 1.54) is 19.2 Å². The van der Waals surface area contributed by atoms with Crippen LogP contribution in [-0.4, -0.2) is 30.6 Å². The number of ether oxygens (including phenoxy) is 1. The maximum Gasteiger partial charge on any atom is 0.374 e. The Labute approximate surface area is 142 Å². The van der Waals surface area contributed by atoms with Crippen LogP contribution in [0.3, 0.4) is 0 Å². The first kappa shape index (κ1) is 16.4. The van der Waals surface area contributed by atoms with Gasteiger partial charge in [0, 0.05) is 24.5 Å². The predicted molar refractivity (Wildman–Crippen MR) is 88.4 cm³/mol. The molecule has 1 aliphatic heterocycles. The molecule has 128 valence electrons. The van der Waals surface area contributed by atoms with Gasteiger partial charge in [0.15, 0.2) is 0 Å². The van der Waals surface area contributed by atoms with Crippen LogP contribution in [0, 0.1) is 0 Å². The van der Waals surface area contributed by atoms with E-state index in [1.807, 2.05) is 0 Å². The molecule has 0 saturated carbocycles. The van der Waals surface area contributed by atoms with E-state index in [9.17, 15) is 14.4 Å². The third-order valence-electron chi connectivity index (χ3n) is 3.61. The number of nitrogens with one attached hydrogen (secondary N) is 2. The topological polar surface area (TPSA) is 110 Å². The zero-order valence-electron chi connectivity index (χ0n) is 13.4. The largest absolute Gasteiger partial charge is 0.463 e. The van der Waals surface area contributed by atoms with E-state index in [2.05, 4.69) is 20.6 Å². The second-order valence-corrected chi connectivity index (χ2v) is 5.28. The van der Waals surface area contributed by atoms with E-state index in [0.29, 0.717) is 18.4 Å². The standard InChI is InChI=1S/C17H15N3O5/c1-24-17(23)13-7-9-15(25-13)18-16(22)11-4-2-10(3-5-11)12-6-8-14(21)20-19-12/h2-5,7,9H,6,8H2,1H3,(H,18,22)(H,20,21). The number of anilines is 1. The molecule has 0 aliphatic carbocycles. The summed E-state index contributed by atoms with van der Waals surface area (Å²) in [5, 5.41) is 6.57. The van der Waals surface area contributed by atoms with Gasteiger partial charge >= 0.3 is 5.97 Å². The molecule has 0 spiro atoms. The minimum absolute atomic E-state index is 0.00510. The van der Waals surface area contributed by atoms with Crippen molar-refractivity contribution in [3.8, 4) is 0 Å². The summed E-state index contributed by atoms with van der Waals surface area (Å²) in [6.07, 6.45) is 0.947. The highest BCUT2D eigenvalue weighted by Crippen LogP contribution is 2.16. The number of carbonyl (C=O) groups excluding carboxylic acids is 3. The van der Waals surface area contributed by atoms with E-state index < -0.39 is 5.97 Å². The van der Waals surface area contributed by atoms with Gasteiger partial charge in [0.25, 0.3) is 5.91 Å². The number of amides is 2. The molecule has 0 atom stereocenters. The number of carbonyl (C=O) groups is 3. The Kier molecular flexibility index (Phi) is 4.60. The number of benzene rings is 1. The zero-order chi connectivity index (χ0) is 17.8. The van der Waals surface area contributed by atoms with Crippen LogP contribution in [0.5, 0.6) is 0 Å². The summed E-state index contributed by atoms with van der Waals surface area (Å²) in [6.45, 7) is 0. The molecule has 0 bridgehead atoms. The molecule has 1 aliphatic rings. The lowest BCUT2D eigenvalue weighted by atomic mass is 10.0. The molecule has 0 saturated heterocycles. The van der Waals surface area contributed by atoms with Crippen molar-refractivity contribution in [1.82, 2.24) is 5.43 Å². The Morgan fingerprint density at radius 2 is 1.92 bits per heavy atom. The van der Waals surface area contributed by atoms with Crippen LogP contribution in [0.4, 0.5) is 5.88 Å². The summed E-state index contributed by atoms with van der Waals surface area (Å²) >= 11 is 0. The summed E-state index contributed by atoms with van der Waals surface area (Å²) in [5.41, 5.74) is 4.45. The average Bonchev–Trinajstić information content (AvgIpc) is 3.10. The van der Waals surface area contributed by atoms with Gasteiger partial charge in [0.2, 0.25) is 17.6 Å². The molecule has 3 rings (SSSR count). The van der Waals surface area contributed by atoms with Crippen molar-refractivity contribution in [2.45, 2.75) is 12.8 Å². The number of hydrazone groups is 1. The Morgan fingerprint density at radius 3 is 2.56 bits per heavy atom. The van der Waals surface area contributed by atoms with Crippen LogP contribution in [0.25, 0.3) is 0 Å². The summed E-state index contributed by atoms with van der Waals surface area (Å²) in [7, 11) is 1.24. The fraction of sp³-hybridized carbons (Fsp3) is 0.176. The first-order valence-corrected chi connectivity index (χ1v) is 7.52. The number of nitrogens with zero attached hydrogens (tertiary/aromatic N) is 1. The molecule has 2 amide bonds. The van der Waals surface area contributed by atoms with Crippen LogP contribution in [0.2, 0.25) is 0 Å². The molecule has 0 fully saturated rings. The van der Waals surface area contributed by atoms with Crippen LogP contribution < -0.4 is 10.7 Å². The molecule has 2 aromatic rings. The predicted octanol–water partition coefficient (Wildman–Crippen LogP) is 1.93. The zero-order valence-corrected chi connectivity index (χ0v) is 13.4. The molecule has 8 nitrogen and oxygen atoms in total. The molecular formula is C17H15N3O5. The molecule has 1 aromatic heterocycles. The van der Waals surface area contributed by atoms with Crippen LogP contribution in [0.1, 0.15) is 39.3 Å². The quantitative estimate of drug-likeness (QED) is 0.826. The number of rotatable bonds is 4. The molecule has 2 heterocycles. The molecule has 1 aromatic carbocycles. The van der Waals surface area contributed by atoms with Crippen molar-refractivity contribution in [2.24, 2.45) is 5.10 Å². The Hall–Kier alpha value is -3.42. The highest BCUT2D eigenvalue weighted by Gasteiger charge is 2.15. The number of hydrogen-bond donors (Lipinski definition) is 2. The Balaban J connectivity index is 1.67. The summed E-state index contributed by atoms with van der Waals surface area (Å²) in [6, 6.07) is 9.69. The maximum atomic E-state index is 12.2. The van der Waals surface area contributed by atoms with Gasteiger partial charge in [-0.05, 0) is 23.8 Å². The van der Waals surface area contributed by atoms with Gasteiger partial charge < -0.3 is 9.15 Å². The van der Waals surface area contributed by atoms with E-state index in [4.69, 9.17) is 4.42 Å². The Bertz CT molecular complexity index is 851. The molecule has 0 unspecified atom stereocenters. The molecule has 8 heteroatoms. The lowest BCUT2D eigenvalue weighted by Crippen LogP contribution is -2.25. The minimum atomic E-state index is -0.620.